The van der Waals surface area contributed by atoms with Gasteiger partial charge in [0, 0.05) is 13.2 Å². The minimum atomic E-state index is -4.13. The molecule has 1 fully saturated rings. The number of alkyl halides is 3. The first-order valence-electron chi connectivity index (χ1n) is 4.33. The van der Waals surface area contributed by atoms with Crippen molar-refractivity contribution < 1.29 is 17.9 Å². The van der Waals surface area contributed by atoms with Crippen LogP contribution in [0.3, 0.4) is 0 Å². The standard InChI is InChI=1S/C8H14F3NO/c1-7(3-2-4-13-7)5-12-6-8(9,10)11/h12H,2-6H2,1H3. The molecule has 5 heteroatoms. The molecule has 0 bridgehead atoms. The summed E-state index contributed by atoms with van der Waals surface area (Å²) >= 11 is 0. The molecule has 1 aliphatic heterocycles. The van der Waals surface area contributed by atoms with Crippen LogP contribution in [0.15, 0.2) is 0 Å². The Labute approximate surface area is 75.4 Å². The molecule has 0 radical (unpaired) electrons. The molecule has 0 spiro atoms. The van der Waals surface area contributed by atoms with Gasteiger partial charge in [0.1, 0.15) is 0 Å². The van der Waals surface area contributed by atoms with Crippen LogP contribution in [0.25, 0.3) is 0 Å². The summed E-state index contributed by atoms with van der Waals surface area (Å²) < 4.78 is 40.6. The highest BCUT2D eigenvalue weighted by Crippen LogP contribution is 2.24. The Hall–Kier alpha value is -0.290. The molecule has 0 aromatic rings. The van der Waals surface area contributed by atoms with Gasteiger partial charge in [-0.25, -0.2) is 0 Å². The molecule has 0 saturated carbocycles. The summed E-state index contributed by atoms with van der Waals surface area (Å²) in [4.78, 5) is 0. The molecule has 0 aliphatic carbocycles. The predicted octanol–water partition coefficient (Wildman–Crippen LogP) is 1.71. The topological polar surface area (TPSA) is 21.3 Å². The SMILES string of the molecule is CC1(CNCC(F)(F)F)CCCO1. The number of rotatable bonds is 3. The smallest absolute Gasteiger partial charge is 0.374 e. The molecular formula is C8H14F3NO. The van der Waals surface area contributed by atoms with E-state index in [0.29, 0.717) is 6.61 Å². The summed E-state index contributed by atoms with van der Waals surface area (Å²) in [6, 6.07) is 0. The van der Waals surface area contributed by atoms with Crippen molar-refractivity contribution in [3.8, 4) is 0 Å². The molecule has 13 heavy (non-hydrogen) atoms. The second-order valence-electron chi connectivity index (χ2n) is 3.62. The molecule has 1 rings (SSSR count). The first-order valence-corrected chi connectivity index (χ1v) is 4.33. The number of hydrogen-bond donors (Lipinski definition) is 1. The Morgan fingerprint density at radius 3 is 2.62 bits per heavy atom. The predicted molar refractivity (Wildman–Crippen MR) is 42.5 cm³/mol. The highest BCUT2D eigenvalue weighted by molar-refractivity contribution is 4.82. The minimum absolute atomic E-state index is 0.270. The first-order chi connectivity index (χ1) is 5.91. The van der Waals surface area contributed by atoms with Crippen LogP contribution in [-0.2, 0) is 4.74 Å². The van der Waals surface area contributed by atoms with Gasteiger partial charge < -0.3 is 10.1 Å². The lowest BCUT2D eigenvalue weighted by molar-refractivity contribution is -0.126. The van der Waals surface area contributed by atoms with Gasteiger partial charge in [-0.05, 0) is 19.8 Å². The lowest BCUT2D eigenvalue weighted by Gasteiger charge is -2.23. The fourth-order valence-corrected chi connectivity index (χ4v) is 1.44. The molecule has 1 heterocycles. The van der Waals surface area contributed by atoms with E-state index in [1.165, 1.54) is 0 Å². The maximum atomic E-state index is 11.8. The van der Waals surface area contributed by atoms with Gasteiger partial charge in [-0.1, -0.05) is 0 Å². The van der Waals surface area contributed by atoms with Crippen molar-refractivity contribution in [2.24, 2.45) is 0 Å². The van der Waals surface area contributed by atoms with Crippen molar-refractivity contribution >= 4 is 0 Å². The zero-order valence-corrected chi connectivity index (χ0v) is 7.58. The molecule has 0 aromatic carbocycles. The third-order valence-corrected chi connectivity index (χ3v) is 2.12. The summed E-state index contributed by atoms with van der Waals surface area (Å²) in [5.74, 6) is 0. The van der Waals surface area contributed by atoms with Crippen molar-refractivity contribution in [3.63, 3.8) is 0 Å². The lowest BCUT2D eigenvalue weighted by atomic mass is 10.0. The Morgan fingerprint density at radius 2 is 2.15 bits per heavy atom. The van der Waals surface area contributed by atoms with Crippen molar-refractivity contribution in [2.45, 2.75) is 31.5 Å². The summed E-state index contributed by atoms with van der Waals surface area (Å²) in [6.07, 6.45) is -2.36. The second kappa shape index (κ2) is 3.84. The first kappa shape index (κ1) is 10.8. The number of ether oxygens (including phenoxy) is 1. The quantitative estimate of drug-likeness (QED) is 0.743. The van der Waals surface area contributed by atoms with Gasteiger partial charge in [-0.3, -0.25) is 0 Å². The third kappa shape index (κ3) is 3.95. The number of halogens is 3. The van der Waals surface area contributed by atoms with Gasteiger partial charge in [0.05, 0.1) is 12.1 Å². The van der Waals surface area contributed by atoms with E-state index >= 15 is 0 Å². The maximum Gasteiger partial charge on any atom is 0.401 e. The molecule has 2 nitrogen and oxygen atoms in total. The van der Waals surface area contributed by atoms with E-state index < -0.39 is 18.3 Å². The molecule has 1 N–H and O–H groups in total. The fraction of sp³-hybridized carbons (Fsp3) is 1.00. The zero-order chi connectivity index (χ0) is 9.95. The van der Waals surface area contributed by atoms with E-state index in [9.17, 15) is 13.2 Å². The largest absolute Gasteiger partial charge is 0.401 e. The zero-order valence-electron chi connectivity index (χ0n) is 7.58. The van der Waals surface area contributed by atoms with E-state index in [4.69, 9.17) is 4.74 Å². The minimum Gasteiger partial charge on any atom is -0.374 e. The van der Waals surface area contributed by atoms with E-state index in [-0.39, 0.29) is 6.54 Å². The summed E-state index contributed by atoms with van der Waals surface area (Å²) in [6.45, 7) is 1.83. The Morgan fingerprint density at radius 1 is 1.46 bits per heavy atom. The van der Waals surface area contributed by atoms with Crippen molar-refractivity contribution in [1.82, 2.24) is 5.32 Å². The van der Waals surface area contributed by atoms with Gasteiger partial charge in [-0.15, -0.1) is 0 Å². The van der Waals surface area contributed by atoms with Crippen molar-refractivity contribution in [2.75, 3.05) is 19.7 Å². The maximum absolute atomic E-state index is 11.8. The van der Waals surface area contributed by atoms with Crippen LogP contribution in [-0.4, -0.2) is 31.5 Å². The highest BCUT2D eigenvalue weighted by atomic mass is 19.4. The Balaban J connectivity index is 2.18. The Bertz CT molecular complexity index is 163. The Kier molecular flexibility index (Phi) is 3.18. The molecule has 0 aromatic heterocycles. The number of hydrogen-bond acceptors (Lipinski definition) is 2. The normalized spacial score (nSPS) is 29.5. The van der Waals surface area contributed by atoms with E-state index in [0.717, 1.165) is 12.8 Å². The molecule has 1 saturated heterocycles. The van der Waals surface area contributed by atoms with Gasteiger partial charge in [-0.2, -0.15) is 13.2 Å². The molecule has 1 aliphatic rings. The fourth-order valence-electron chi connectivity index (χ4n) is 1.44. The van der Waals surface area contributed by atoms with Crippen LogP contribution in [0, 0.1) is 0 Å². The van der Waals surface area contributed by atoms with Crippen molar-refractivity contribution in [1.29, 1.82) is 0 Å². The molecule has 1 unspecified atom stereocenters. The van der Waals surface area contributed by atoms with Crippen LogP contribution in [0.5, 0.6) is 0 Å². The highest BCUT2D eigenvalue weighted by Gasteiger charge is 2.32. The van der Waals surface area contributed by atoms with Crippen LogP contribution in [0.1, 0.15) is 19.8 Å². The molecule has 78 valence electrons. The molecular weight excluding hydrogens is 183 g/mol. The van der Waals surface area contributed by atoms with Crippen LogP contribution in [0.4, 0.5) is 13.2 Å². The van der Waals surface area contributed by atoms with Gasteiger partial charge in [0.15, 0.2) is 0 Å². The van der Waals surface area contributed by atoms with Crippen LogP contribution in [0.2, 0.25) is 0 Å². The number of nitrogens with one attached hydrogen (secondary N) is 1. The average Bonchev–Trinajstić information content (AvgIpc) is 2.33. The van der Waals surface area contributed by atoms with Crippen LogP contribution >= 0.6 is 0 Å². The van der Waals surface area contributed by atoms with Gasteiger partial charge in [0.25, 0.3) is 0 Å². The monoisotopic (exact) mass is 197 g/mol. The van der Waals surface area contributed by atoms with Gasteiger partial charge in [0.2, 0.25) is 0 Å². The summed E-state index contributed by atoms with van der Waals surface area (Å²) in [5, 5.41) is 2.36. The molecule has 1 atom stereocenters. The van der Waals surface area contributed by atoms with Gasteiger partial charge >= 0.3 is 6.18 Å². The van der Waals surface area contributed by atoms with Crippen LogP contribution < -0.4 is 5.32 Å². The van der Waals surface area contributed by atoms with E-state index in [1.54, 1.807) is 0 Å². The third-order valence-electron chi connectivity index (χ3n) is 2.12. The summed E-state index contributed by atoms with van der Waals surface area (Å²) in [5.41, 5.74) is -0.398. The summed E-state index contributed by atoms with van der Waals surface area (Å²) in [7, 11) is 0. The van der Waals surface area contributed by atoms with E-state index in [1.807, 2.05) is 6.92 Å². The van der Waals surface area contributed by atoms with E-state index in [2.05, 4.69) is 5.32 Å². The second-order valence-corrected chi connectivity index (χ2v) is 3.62. The average molecular weight is 197 g/mol. The molecule has 0 amide bonds. The van der Waals surface area contributed by atoms with Crippen molar-refractivity contribution in [3.05, 3.63) is 0 Å². The lowest BCUT2D eigenvalue weighted by Crippen LogP contribution is -2.41.